The van der Waals surface area contributed by atoms with E-state index in [1.54, 1.807) is 0 Å². The number of hydrogen-bond donors (Lipinski definition) is 3. The maximum Gasteiger partial charge on any atom is 0.221 e. The van der Waals surface area contributed by atoms with Crippen LogP contribution in [0.3, 0.4) is 0 Å². The SMILES string of the molecule is CC(=O)Nc1ccc(Sc2nc(Nc3cc(C)n[nH]3)c3cccc(OCCCN(C)C)c3n2)cc1. The van der Waals surface area contributed by atoms with Crippen LogP contribution in [0.15, 0.2) is 58.6 Å². The van der Waals surface area contributed by atoms with E-state index >= 15 is 0 Å². The quantitative estimate of drug-likeness (QED) is 0.214. The van der Waals surface area contributed by atoms with Crippen molar-refractivity contribution in [2.75, 3.05) is 37.9 Å². The third-order valence-corrected chi connectivity index (χ3v) is 5.89. The van der Waals surface area contributed by atoms with Gasteiger partial charge in [-0.15, -0.1) is 0 Å². The van der Waals surface area contributed by atoms with E-state index in [9.17, 15) is 4.79 Å². The van der Waals surface area contributed by atoms with Crippen LogP contribution in [0, 0.1) is 6.92 Å². The summed E-state index contributed by atoms with van der Waals surface area (Å²) >= 11 is 1.44. The molecule has 0 bridgehead atoms. The molecule has 0 aliphatic carbocycles. The minimum Gasteiger partial charge on any atom is -0.491 e. The van der Waals surface area contributed by atoms with E-state index in [0.29, 0.717) is 17.6 Å². The molecular formula is C25H29N7O2S. The van der Waals surface area contributed by atoms with Crippen molar-refractivity contribution >= 4 is 45.9 Å². The Hall–Kier alpha value is -3.63. The van der Waals surface area contributed by atoms with E-state index in [1.165, 1.54) is 18.7 Å². The zero-order chi connectivity index (χ0) is 24.8. The molecule has 0 saturated heterocycles. The molecule has 0 aliphatic rings. The second-order valence-corrected chi connectivity index (χ2v) is 9.41. The number of para-hydroxylation sites is 1. The van der Waals surface area contributed by atoms with Crippen molar-refractivity contribution in [2.45, 2.75) is 30.3 Å². The number of aryl methyl sites for hydroxylation is 1. The number of H-pyrrole nitrogens is 1. The largest absolute Gasteiger partial charge is 0.491 e. The van der Waals surface area contributed by atoms with Crippen molar-refractivity contribution in [3.63, 3.8) is 0 Å². The van der Waals surface area contributed by atoms with E-state index < -0.39 is 0 Å². The molecule has 0 saturated carbocycles. The summed E-state index contributed by atoms with van der Waals surface area (Å²) in [6, 6.07) is 15.4. The summed E-state index contributed by atoms with van der Waals surface area (Å²) in [5, 5.41) is 14.7. The lowest BCUT2D eigenvalue weighted by Gasteiger charge is -2.14. The number of aromatic amines is 1. The van der Waals surface area contributed by atoms with Crippen LogP contribution in [0.4, 0.5) is 17.3 Å². The lowest BCUT2D eigenvalue weighted by atomic mass is 10.2. The summed E-state index contributed by atoms with van der Waals surface area (Å²) in [6.07, 6.45) is 0.912. The van der Waals surface area contributed by atoms with E-state index in [2.05, 4.69) is 25.7 Å². The first-order valence-corrected chi connectivity index (χ1v) is 12.1. The molecule has 0 fully saturated rings. The second kappa shape index (κ2) is 11.2. The molecule has 4 rings (SSSR count). The molecule has 2 aromatic carbocycles. The minimum atomic E-state index is -0.105. The third-order valence-electron chi connectivity index (χ3n) is 5.02. The van der Waals surface area contributed by atoms with Crippen molar-refractivity contribution in [1.29, 1.82) is 0 Å². The van der Waals surface area contributed by atoms with Crippen molar-refractivity contribution < 1.29 is 9.53 Å². The van der Waals surface area contributed by atoms with Crippen LogP contribution in [-0.2, 0) is 4.79 Å². The van der Waals surface area contributed by atoms with Gasteiger partial charge in [0.1, 0.15) is 22.9 Å². The van der Waals surface area contributed by atoms with Crippen LogP contribution in [0.1, 0.15) is 19.0 Å². The Kier molecular flexibility index (Phi) is 7.84. The molecule has 0 radical (unpaired) electrons. The van der Waals surface area contributed by atoms with Gasteiger partial charge in [-0.1, -0.05) is 6.07 Å². The molecule has 3 N–H and O–H groups in total. The number of ether oxygens (including phenoxy) is 1. The number of hydrogen-bond acceptors (Lipinski definition) is 8. The van der Waals surface area contributed by atoms with Gasteiger partial charge in [0.05, 0.1) is 12.3 Å². The van der Waals surface area contributed by atoms with Crippen molar-refractivity contribution in [3.8, 4) is 5.75 Å². The maximum atomic E-state index is 11.3. The van der Waals surface area contributed by atoms with Crippen LogP contribution in [0.2, 0.25) is 0 Å². The molecule has 0 atom stereocenters. The Morgan fingerprint density at radius 1 is 1.14 bits per heavy atom. The number of rotatable bonds is 10. The van der Waals surface area contributed by atoms with E-state index in [-0.39, 0.29) is 5.91 Å². The van der Waals surface area contributed by atoms with Crippen LogP contribution in [0.5, 0.6) is 5.75 Å². The number of carbonyl (C=O) groups excluding carboxylic acids is 1. The van der Waals surface area contributed by atoms with Crippen LogP contribution in [0.25, 0.3) is 10.9 Å². The lowest BCUT2D eigenvalue weighted by molar-refractivity contribution is -0.114. The molecule has 4 aromatic rings. The highest BCUT2D eigenvalue weighted by Crippen LogP contribution is 2.34. The van der Waals surface area contributed by atoms with Crippen LogP contribution in [-0.4, -0.2) is 58.2 Å². The van der Waals surface area contributed by atoms with Gasteiger partial charge in [0.15, 0.2) is 5.16 Å². The highest BCUT2D eigenvalue weighted by molar-refractivity contribution is 7.99. The van der Waals surface area contributed by atoms with Gasteiger partial charge in [0.25, 0.3) is 0 Å². The summed E-state index contributed by atoms with van der Waals surface area (Å²) in [6.45, 7) is 4.95. The highest BCUT2D eigenvalue weighted by Gasteiger charge is 2.14. The first-order chi connectivity index (χ1) is 16.9. The summed E-state index contributed by atoms with van der Waals surface area (Å²) in [7, 11) is 4.10. The van der Waals surface area contributed by atoms with Crippen molar-refractivity contribution in [2.24, 2.45) is 0 Å². The smallest absolute Gasteiger partial charge is 0.221 e. The van der Waals surface area contributed by atoms with Gasteiger partial charge < -0.3 is 20.3 Å². The molecule has 0 aliphatic heterocycles. The first-order valence-electron chi connectivity index (χ1n) is 11.3. The molecule has 2 heterocycles. The number of anilines is 3. The average Bonchev–Trinajstić information content (AvgIpc) is 3.22. The monoisotopic (exact) mass is 491 g/mol. The molecule has 10 heteroatoms. The number of nitrogens with one attached hydrogen (secondary N) is 3. The predicted octanol–water partition coefficient (Wildman–Crippen LogP) is 4.85. The van der Waals surface area contributed by atoms with Crippen molar-refractivity contribution in [1.82, 2.24) is 25.1 Å². The van der Waals surface area contributed by atoms with Gasteiger partial charge in [-0.3, -0.25) is 9.89 Å². The lowest BCUT2D eigenvalue weighted by Crippen LogP contribution is -2.15. The fourth-order valence-electron chi connectivity index (χ4n) is 3.45. The molecule has 35 heavy (non-hydrogen) atoms. The van der Waals surface area contributed by atoms with Gasteiger partial charge in [-0.25, -0.2) is 9.97 Å². The normalized spacial score (nSPS) is 11.1. The second-order valence-electron chi connectivity index (χ2n) is 8.37. The Labute approximate surface area is 208 Å². The maximum absolute atomic E-state index is 11.3. The zero-order valence-corrected chi connectivity index (χ0v) is 21.1. The molecule has 0 unspecified atom stereocenters. The van der Waals surface area contributed by atoms with E-state index in [0.717, 1.165) is 51.7 Å². The third kappa shape index (κ3) is 6.71. The highest BCUT2D eigenvalue weighted by atomic mass is 32.2. The number of amides is 1. The Morgan fingerprint density at radius 2 is 1.94 bits per heavy atom. The Balaban J connectivity index is 1.66. The number of fused-ring (bicyclic) bond motifs is 1. The number of aromatic nitrogens is 4. The first kappa shape index (κ1) is 24.5. The van der Waals surface area contributed by atoms with E-state index in [1.807, 2.05) is 69.6 Å². The molecule has 2 aromatic heterocycles. The van der Waals surface area contributed by atoms with Gasteiger partial charge >= 0.3 is 0 Å². The minimum absolute atomic E-state index is 0.105. The number of carbonyl (C=O) groups is 1. The predicted molar refractivity (Wildman–Crippen MR) is 140 cm³/mol. The summed E-state index contributed by atoms with van der Waals surface area (Å²) in [5.74, 6) is 2.02. The van der Waals surface area contributed by atoms with E-state index in [4.69, 9.17) is 14.7 Å². The molecular weight excluding hydrogens is 462 g/mol. The Morgan fingerprint density at radius 3 is 2.63 bits per heavy atom. The average molecular weight is 492 g/mol. The van der Waals surface area contributed by atoms with Gasteiger partial charge in [-0.05, 0) is 75.6 Å². The van der Waals surface area contributed by atoms with Crippen molar-refractivity contribution in [3.05, 3.63) is 54.2 Å². The van der Waals surface area contributed by atoms with Crippen LogP contribution >= 0.6 is 11.8 Å². The zero-order valence-electron chi connectivity index (χ0n) is 20.3. The van der Waals surface area contributed by atoms with Gasteiger partial charge in [0.2, 0.25) is 5.91 Å². The fraction of sp³-hybridized carbons (Fsp3) is 0.280. The van der Waals surface area contributed by atoms with Gasteiger partial charge in [-0.2, -0.15) is 5.10 Å². The van der Waals surface area contributed by atoms with Gasteiger partial charge in [0, 0.05) is 35.5 Å². The Bertz CT molecular complexity index is 1310. The van der Waals surface area contributed by atoms with Crippen LogP contribution < -0.4 is 15.4 Å². The fourth-order valence-corrected chi connectivity index (χ4v) is 4.21. The molecule has 0 spiro atoms. The molecule has 182 valence electrons. The summed E-state index contributed by atoms with van der Waals surface area (Å²) in [5.41, 5.74) is 2.36. The molecule has 9 nitrogen and oxygen atoms in total. The summed E-state index contributed by atoms with van der Waals surface area (Å²) < 4.78 is 6.12. The molecule has 1 amide bonds. The number of benzene rings is 2. The topological polar surface area (TPSA) is 108 Å². The standard InChI is InChI=1S/C25H29N7O2S/c1-16-15-22(31-30-16)27-24-20-7-5-8-21(34-14-6-13-32(3)4)23(20)28-25(29-24)35-19-11-9-18(10-12-19)26-17(2)33/h5,7-12,15H,6,13-14H2,1-4H3,(H,26,33)(H2,27,28,29,30,31). The number of nitrogens with zero attached hydrogens (tertiary/aromatic N) is 4. The summed E-state index contributed by atoms with van der Waals surface area (Å²) in [4.78, 5) is 24.0.